The van der Waals surface area contributed by atoms with Crippen molar-refractivity contribution in [2.24, 2.45) is 5.14 Å². The number of nitrogens with one attached hydrogen (secondary N) is 2. The quantitative estimate of drug-likeness (QED) is 0.456. The van der Waals surface area contributed by atoms with Gasteiger partial charge in [-0.3, -0.25) is 0 Å². The number of hydrogen-bond acceptors (Lipinski definition) is 5. The summed E-state index contributed by atoms with van der Waals surface area (Å²) in [5.41, 5.74) is -0.259. The van der Waals surface area contributed by atoms with Crippen molar-refractivity contribution in [3.05, 3.63) is 18.0 Å². The molecule has 0 aliphatic heterocycles. The van der Waals surface area contributed by atoms with Gasteiger partial charge in [0.05, 0.1) is 5.75 Å². The highest BCUT2D eigenvalue weighted by Crippen LogP contribution is 2.10. The molecule has 0 atom stereocenters. The maximum absolute atomic E-state index is 11.7. The number of H-pyrrole nitrogens is 1. The van der Waals surface area contributed by atoms with E-state index in [0.717, 1.165) is 12.3 Å². The Balaban J connectivity index is 2.63. The Morgan fingerprint density at radius 3 is 2.47 bits per heavy atom. The molecule has 5 N–H and O–H groups in total. The van der Waals surface area contributed by atoms with Crippen LogP contribution in [-0.2, 0) is 20.0 Å². The molecular formula is C8H13N3O6S2. The second-order valence-corrected chi connectivity index (χ2v) is 7.17. The molecule has 0 saturated heterocycles. The first-order chi connectivity index (χ1) is 8.62. The van der Waals surface area contributed by atoms with Crippen LogP contribution in [-0.4, -0.2) is 45.2 Å². The first kappa shape index (κ1) is 15.6. The molecule has 0 aromatic carbocycles. The van der Waals surface area contributed by atoms with Gasteiger partial charge in [0.2, 0.25) is 20.0 Å². The van der Waals surface area contributed by atoms with E-state index in [1.807, 2.05) is 0 Å². The van der Waals surface area contributed by atoms with Gasteiger partial charge >= 0.3 is 5.97 Å². The zero-order chi connectivity index (χ0) is 14.7. The monoisotopic (exact) mass is 311 g/mol. The van der Waals surface area contributed by atoms with Crippen LogP contribution >= 0.6 is 0 Å². The minimum absolute atomic E-state index is 0.0221. The van der Waals surface area contributed by atoms with Gasteiger partial charge < -0.3 is 10.1 Å². The molecule has 9 nitrogen and oxygen atoms in total. The lowest BCUT2D eigenvalue weighted by atomic mass is 10.4. The third-order valence-corrected chi connectivity index (χ3v) is 4.39. The van der Waals surface area contributed by atoms with Crippen LogP contribution < -0.4 is 9.86 Å². The van der Waals surface area contributed by atoms with Crippen molar-refractivity contribution in [2.45, 2.75) is 11.3 Å². The van der Waals surface area contributed by atoms with Gasteiger partial charge in [0, 0.05) is 12.7 Å². The smallest absolute Gasteiger partial charge is 0.352 e. The first-order valence-electron chi connectivity index (χ1n) is 5.04. The molecule has 0 fully saturated rings. The molecule has 0 radical (unpaired) electrons. The predicted molar refractivity (Wildman–Crippen MR) is 65.5 cm³/mol. The standard InChI is InChI=1S/C8H13N3O6S2/c9-18(14,15)3-1-2-11-19(16,17)6-4-7(8(12)13)10-5-6/h4-5,10-11H,1-3H2,(H,12,13)(H2,9,14,15). The molecule has 0 amide bonds. The van der Waals surface area contributed by atoms with Crippen LogP contribution in [0.15, 0.2) is 17.2 Å². The van der Waals surface area contributed by atoms with Gasteiger partial charge in [0.25, 0.3) is 0 Å². The van der Waals surface area contributed by atoms with Crippen LogP contribution in [0, 0.1) is 0 Å². The summed E-state index contributed by atoms with van der Waals surface area (Å²) in [5, 5.41) is 13.4. The summed E-state index contributed by atoms with van der Waals surface area (Å²) in [6.45, 7) is -0.119. The van der Waals surface area contributed by atoms with E-state index in [4.69, 9.17) is 10.2 Å². The van der Waals surface area contributed by atoms with Gasteiger partial charge in [-0.25, -0.2) is 31.5 Å². The molecule has 0 spiro atoms. The number of primary sulfonamides is 1. The molecule has 0 aliphatic rings. The summed E-state index contributed by atoms with van der Waals surface area (Å²) in [5.74, 6) is -1.63. The number of hydrogen-bond donors (Lipinski definition) is 4. The lowest BCUT2D eigenvalue weighted by Crippen LogP contribution is -2.27. The van der Waals surface area contributed by atoms with Gasteiger partial charge in [-0.15, -0.1) is 0 Å². The second-order valence-electron chi connectivity index (χ2n) is 3.67. The van der Waals surface area contributed by atoms with E-state index < -0.39 is 26.0 Å². The molecule has 1 aromatic rings. The number of carboxylic acids is 1. The summed E-state index contributed by atoms with van der Waals surface area (Å²) in [6, 6.07) is 0.963. The Hall–Kier alpha value is -1.43. The third-order valence-electron chi connectivity index (χ3n) is 2.09. The van der Waals surface area contributed by atoms with E-state index in [0.29, 0.717) is 0 Å². The van der Waals surface area contributed by atoms with Crippen LogP contribution in [0.5, 0.6) is 0 Å². The minimum Gasteiger partial charge on any atom is -0.477 e. The highest BCUT2D eigenvalue weighted by atomic mass is 32.2. The van der Waals surface area contributed by atoms with E-state index >= 15 is 0 Å². The number of sulfonamides is 2. The topological polar surface area (TPSA) is 159 Å². The Morgan fingerprint density at radius 2 is 2.00 bits per heavy atom. The highest BCUT2D eigenvalue weighted by molar-refractivity contribution is 7.89. The number of nitrogens with two attached hydrogens (primary N) is 1. The van der Waals surface area contributed by atoms with Crippen LogP contribution in [0.2, 0.25) is 0 Å². The number of rotatable bonds is 7. The normalized spacial score (nSPS) is 12.5. The fraction of sp³-hybridized carbons (Fsp3) is 0.375. The van der Waals surface area contributed by atoms with E-state index in [2.05, 4.69) is 9.71 Å². The van der Waals surface area contributed by atoms with E-state index in [1.165, 1.54) is 0 Å². The summed E-state index contributed by atoms with van der Waals surface area (Å²) >= 11 is 0. The largest absolute Gasteiger partial charge is 0.477 e. The SMILES string of the molecule is NS(=O)(=O)CCCNS(=O)(=O)c1c[nH]c(C(=O)O)c1. The lowest BCUT2D eigenvalue weighted by molar-refractivity contribution is 0.0691. The van der Waals surface area contributed by atoms with Crippen molar-refractivity contribution in [3.8, 4) is 0 Å². The van der Waals surface area contributed by atoms with Crippen LogP contribution in [0.25, 0.3) is 0 Å². The molecule has 11 heteroatoms. The van der Waals surface area contributed by atoms with Crippen molar-refractivity contribution in [2.75, 3.05) is 12.3 Å². The third kappa shape index (κ3) is 4.98. The second kappa shape index (κ2) is 5.69. The van der Waals surface area contributed by atoms with Gasteiger partial charge in [-0.05, 0) is 12.5 Å². The lowest BCUT2D eigenvalue weighted by Gasteiger charge is -2.03. The average Bonchev–Trinajstić information content (AvgIpc) is 2.73. The van der Waals surface area contributed by atoms with Crippen molar-refractivity contribution < 1.29 is 26.7 Å². The van der Waals surface area contributed by atoms with Crippen LogP contribution in [0.1, 0.15) is 16.9 Å². The highest BCUT2D eigenvalue weighted by Gasteiger charge is 2.17. The maximum Gasteiger partial charge on any atom is 0.352 e. The Bertz CT molecular complexity index is 660. The van der Waals surface area contributed by atoms with E-state index in [1.54, 1.807) is 0 Å². The molecule has 19 heavy (non-hydrogen) atoms. The molecule has 0 unspecified atom stereocenters. The van der Waals surface area contributed by atoms with E-state index in [-0.39, 0.29) is 29.3 Å². The number of carboxylic acid groups (broad SMARTS) is 1. The van der Waals surface area contributed by atoms with Crippen molar-refractivity contribution in [3.63, 3.8) is 0 Å². The summed E-state index contributed by atoms with van der Waals surface area (Å²) in [4.78, 5) is 12.6. The molecule has 0 saturated carbocycles. The number of carbonyl (C=O) groups is 1. The van der Waals surface area contributed by atoms with Crippen LogP contribution in [0.3, 0.4) is 0 Å². The Labute approximate surface area is 109 Å². The maximum atomic E-state index is 11.7. The van der Waals surface area contributed by atoms with Gasteiger partial charge in [0.1, 0.15) is 10.6 Å². The molecule has 0 aliphatic carbocycles. The fourth-order valence-corrected chi connectivity index (χ4v) is 2.83. The average molecular weight is 311 g/mol. The van der Waals surface area contributed by atoms with Gasteiger partial charge in [0.15, 0.2) is 0 Å². The molecule has 108 valence electrons. The zero-order valence-corrected chi connectivity index (χ0v) is 11.3. The van der Waals surface area contributed by atoms with Crippen molar-refractivity contribution in [1.29, 1.82) is 0 Å². The van der Waals surface area contributed by atoms with Crippen LogP contribution in [0.4, 0.5) is 0 Å². The summed E-state index contributed by atoms with van der Waals surface area (Å²) in [6.07, 6.45) is 1.06. The fourth-order valence-electron chi connectivity index (χ4n) is 1.22. The molecule has 1 heterocycles. The molecular weight excluding hydrogens is 298 g/mol. The first-order valence-corrected chi connectivity index (χ1v) is 8.23. The number of aromatic amines is 1. The summed E-state index contributed by atoms with van der Waals surface area (Å²) in [7, 11) is -7.50. The van der Waals surface area contributed by atoms with Crippen molar-refractivity contribution in [1.82, 2.24) is 9.71 Å². The molecule has 1 rings (SSSR count). The van der Waals surface area contributed by atoms with E-state index in [9.17, 15) is 21.6 Å². The Morgan fingerprint density at radius 1 is 1.37 bits per heavy atom. The number of aromatic carboxylic acids is 1. The van der Waals surface area contributed by atoms with Crippen molar-refractivity contribution >= 4 is 26.0 Å². The van der Waals surface area contributed by atoms with Gasteiger partial charge in [-0.2, -0.15) is 0 Å². The Kier molecular flexibility index (Phi) is 4.68. The zero-order valence-electron chi connectivity index (χ0n) is 9.66. The summed E-state index contributed by atoms with van der Waals surface area (Å²) < 4.78 is 46.8. The van der Waals surface area contributed by atoms with Gasteiger partial charge in [-0.1, -0.05) is 0 Å². The molecule has 1 aromatic heterocycles. The molecule has 0 bridgehead atoms. The minimum atomic E-state index is -3.87. The number of aromatic nitrogens is 1. The predicted octanol–water partition coefficient (Wildman–Crippen LogP) is -1.33.